The third-order valence-corrected chi connectivity index (χ3v) is 3.82. The number of carboxylic acid groups (broad SMARTS) is 1. The van der Waals surface area contributed by atoms with Gasteiger partial charge in [-0.25, -0.2) is 0 Å². The lowest BCUT2D eigenvalue weighted by molar-refractivity contribution is -0.143. The summed E-state index contributed by atoms with van der Waals surface area (Å²) in [7, 11) is 1.59. The standard InChI is InChI=1S/C15H18O4/c1-19-13-8-6-11(7-9-13)14(16)10-2-4-12(5-3-10)15(17)18/h6-10,12H,2-5H2,1H3,(H,17,18). The predicted molar refractivity (Wildman–Crippen MR) is 70.4 cm³/mol. The minimum absolute atomic E-state index is 0.0380. The lowest BCUT2D eigenvalue weighted by atomic mass is 9.78. The van der Waals surface area contributed by atoms with E-state index in [-0.39, 0.29) is 17.6 Å². The molecule has 1 aliphatic rings. The maximum Gasteiger partial charge on any atom is 0.306 e. The molecule has 4 heteroatoms. The molecule has 1 aliphatic carbocycles. The third kappa shape index (κ3) is 3.13. The molecule has 0 spiro atoms. The Morgan fingerprint density at radius 3 is 2.05 bits per heavy atom. The highest BCUT2D eigenvalue weighted by atomic mass is 16.5. The van der Waals surface area contributed by atoms with Gasteiger partial charge in [0.15, 0.2) is 5.78 Å². The number of carbonyl (C=O) groups is 2. The first kappa shape index (κ1) is 13.6. The van der Waals surface area contributed by atoms with Crippen LogP contribution in [0.4, 0.5) is 0 Å². The van der Waals surface area contributed by atoms with Gasteiger partial charge in [0.1, 0.15) is 5.75 Å². The Balaban J connectivity index is 1.98. The van der Waals surface area contributed by atoms with Crippen molar-refractivity contribution in [3.63, 3.8) is 0 Å². The van der Waals surface area contributed by atoms with Crippen molar-refractivity contribution in [2.24, 2.45) is 11.8 Å². The molecule has 4 nitrogen and oxygen atoms in total. The molecule has 0 aliphatic heterocycles. The molecule has 102 valence electrons. The van der Waals surface area contributed by atoms with Gasteiger partial charge in [0.25, 0.3) is 0 Å². The summed E-state index contributed by atoms with van der Waals surface area (Å²) in [6.45, 7) is 0. The van der Waals surface area contributed by atoms with Crippen molar-refractivity contribution in [3.8, 4) is 5.75 Å². The first-order valence-corrected chi connectivity index (χ1v) is 6.53. The molecule has 2 rings (SSSR count). The van der Waals surface area contributed by atoms with Gasteiger partial charge in [-0.1, -0.05) is 0 Å². The summed E-state index contributed by atoms with van der Waals surface area (Å²) >= 11 is 0. The largest absolute Gasteiger partial charge is 0.497 e. The van der Waals surface area contributed by atoms with Crippen LogP contribution in [0.5, 0.6) is 5.75 Å². The molecule has 0 aromatic heterocycles. The maximum absolute atomic E-state index is 12.3. The fourth-order valence-electron chi connectivity index (χ4n) is 2.59. The van der Waals surface area contributed by atoms with Gasteiger partial charge in [-0.15, -0.1) is 0 Å². The number of carboxylic acids is 1. The zero-order valence-electron chi connectivity index (χ0n) is 11.0. The van der Waals surface area contributed by atoms with Crippen LogP contribution >= 0.6 is 0 Å². The molecular weight excluding hydrogens is 244 g/mol. The van der Waals surface area contributed by atoms with E-state index < -0.39 is 5.97 Å². The van der Waals surface area contributed by atoms with Gasteiger partial charge >= 0.3 is 5.97 Å². The summed E-state index contributed by atoms with van der Waals surface area (Å²) < 4.78 is 5.06. The number of aliphatic carboxylic acids is 1. The molecule has 1 saturated carbocycles. The topological polar surface area (TPSA) is 63.6 Å². The molecular formula is C15H18O4. The SMILES string of the molecule is COc1ccc(C(=O)C2CCC(C(=O)O)CC2)cc1. The van der Waals surface area contributed by atoms with Crippen LogP contribution < -0.4 is 4.74 Å². The lowest BCUT2D eigenvalue weighted by Gasteiger charge is -2.25. The number of methoxy groups -OCH3 is 1. The Morgan fingerprint density at radius 2 is 1.58 bits per heavy atom. The number of ketones is 1. The molecule has 0 amide bonds. The van der Waals surface area contributed by atoms with Crippen molar-refractivity contribution >= 4 is 11.8 Å². The van der Waals surface area contributed by atoms with Crippen LogP contribution in [0.3, 0.4) is 0 Å². The first-order chi connectivity index (χ1) is 9.11. The van der Waals surface area contributed by atoms with Gasteiger partial charge in [-0.2, -0.15) is 0 Å². The van der Waals surface area contributed by atoms with E-state index in [1.54, 1.807) is 31.4 Å². The van der Waals surface area contributed by atoms with Crippen LogP contribution in [0.15, 0.2) is 24.3 Å². The number of carbonyl (C=O) groups excluding carboxylic acids is 1. The van der Waals surface area contributed by atoms with E-state index in [2.05, 4.69) is 0 Å². The zero-order valence-corrected chi connectivity index (χ0v) is 11.0. The lowest BCUT2D eigenvalue weighted by Crippen LogP contribution is -2.25. The van der Waals surface area contributed by atoms with E-state index in [1.807, 2.05) is 0 Å². The number of hydrogen-bond donors (Lipinski definition) is 1. The number of benzene rings is 1. The van der Waals surface area contributed by atoms with Gasteiger partial charge in [-0.05, 0) is 49.9 Å². The fraction of sp³-hybridized carbons (Fsp3) is 0.467. The molecule has 1 fully saturated rings. The summed E-state index contributed by atoms with van der Waals surface area (Å²) in [5.41, 5.74) is 0.680. The van der Waals surface area contributed by atoms with Crippen molar-refractivity contribution in [2.45, 2.75) is 25.7 Å². The Morgan fingerprint density at radius 1 is 1.05 bits per heavy atom. The Kier molecular flexibility index (Phi) is 4.20. The molecule has 0 saturated heterocycles. The van der Waals surface area contributed by atoms with Crippen LogP contribution in [0.1, 0.15) is 36.0 Å². The van der Waals surface area contributed by atoms with E-state index >= 15 is 0 Å². The van der Waals surface area contributed by atoms with Crippen LogP contribution in [0, 0.1) is 11.8 Å². The summed E-state index contributed by atoms with van der Waals surface area (Å²) in [6, 6.07) is 7.08. The quantitative estimate of drug-likeness (QED) is 0.847. The van der Waals surface area contributed by atoms with Crippen LogP contribution in [-0.2, 0) is 4.79 Å². The highest BCUT2D eigenvalue weighted by molar-refractivity contribution is 5.98. The first-order valence-electron chi connectivity index (χ1n) is 6.53. The van der Waals surface area contributed by atoms with Crippen molar-refractivity contribution in [1.29, 1.82) is 0 Å². The second kappa shape index (κ2) is 5.87. The second-order valence-electron chi connectivity index (χ2n) is 4.98. The summed E-state index contributed by atoms with van der Waals surface area (Å²) in [4.78, 5) is 23.2. The molecule has 0 unspecified atom stereocenters. The van der Waals surface area contributed by atoms with Crippen LogP contribution in [0.2, 0.25) is 0 Å². The number of Topliss-reactive ketones (excluding diaryl/α,β-unsaturated/α-hetero) is 1. The molecule has 0 heterocycles. The van der Waals surface area contributed by atoms with Crippen molar-refractivity contribution in [3.05, 3.63) is 29.8 Å². The highest BCUT2D eigenvalue weighted by Crippen LogP contribution is 2.31. The zero-order chi connectivity index (χ0) is 13.8. The minimum atomic E-state index is -0.740. The molecule has 19 heavy (non-hydrogen) atoms. The highest BCUT2D eigenvalue weighted by Gasteiger charge is 2.30. The van der Waals surface area contributed by atoms with Gasteiger partial charge in [0.05, 0.1) is 13.0 Å². The third-order valence-electron chi connectivity index (χ3n) is 3.82. The molecule has 0 radical (unpaired) electrons. The number of ether oxygens (including phenoxy) is 1. The molecule has 0 atom stereocenters. The smallest absolute Gasteiger partial charge is 0.306 e. The van der Waals surface area contributed by atoms with Crippen molar-refractivity contribution in [2.75, 3.05) is 7.11 Å². The summed E-state index contributed by atoms with van der Waals surface area (Å²) in [5, 5.41) is 8.94. The van der Waals surface area contributed by atoms with Gasteiger partial charge in [-0.3, -0.25) is 9.59 Å². The summed E-state index contributed by atoms with van der Waals surface area (Å²) in [5.74, 6) is -0.211. The molecule has 1 N–H and O–H groups in total. The Bertz CT molecular complexity index is 456. The normalized spacial score (nSPS) is 22.8. The molecule has 1 aromatic carbocycles. The van der Waals surface area contributed by atoms with Gasteiger partial charge in [0.2, 0.25) is 0 Å². The van der Waals surface area contributed by atoms with E-state index in [1.165, 1.54) is 0 Å². The van der Waals surface area contributed by atoms with Gasteiger partial charge in [0, 0.05) is 11.5 Å². The van der Waals surface area contributed by atoms with Gasteiger partial charge < -0.3 is 9.84 Å². The van der Waals surface area contributed by atoms with E-state index in [0.717, 1.165) is 5.75 Å². The second-order valence-corrected chi connectivity index (χ2v) is 4.98. The number of rotatable bonds is 4. The fourth-order valence-corrected chi connectivity index (χ4v) is 2.59. The molecule has 0 bridgehead atoms. The average Bonchev–Trinajstić information content (AvgIpc) is 2.46. The average molecular weight is 262 g/mol. The minimum Gasteiger partial charge on any atom is -0.497 e. The Hall–Kier alpha value is -1.84. The van der Waals surface area contributed by atoms with Crippen molar-refractivity contribution < 1.29 is 19.4 Å². The van der Waals surface area contributed by atoms with E-state index in [0.29, 0.717) is 31.2 Å². The van der Waals surface area contributed by atoms with E-state index in [4.69, 9.17) is 9.84 Å². The molecule has 1 aromatic rings. The Labute approximate surface area is 112 Å². The number of hydrogen-bond acceptors (Lipinski definition) is 3. The van der Waals surface area contributed by atoms with Crippen LogP contribution in [0.25, 0.3) is 0 Å². The monoisotopic (exact) mass is 262 g/mol. The maximum atomic E-state index is 12.3. The van der Waals surface area contributed by atoms with Crippen LogP contribution in [-0.4, -0.2) is 24.0 Å². The predicted octanol–water partition coefficient (Wildman–Crippen LogP) is 2.77. The summed E-state index contributed by atoms with van der Waals surface area (Å²) in [6.07, 6.45) is 2.54. The van der Waals surface area contributed by atoms with E-state index in [9.17, 15) is 9.59 Å². The van der Waals surface area contributed by atoms with Crippen molar-refractivity contribution in [1.82, 2.24) is 0 Å².